The van der Waals surface area contributed by atoms with Gasteiger partial charge in [-0.05, 0) is 54.1 Å². The molecule has 3 aromatic carbocycles. The molecule has 0 heterocycles. The van der Waals surface area contributed by atoms with Crippen LogP contribution in [0.25, 0.3) is 0 Å². The van der Waals surface area contributed by atoms with Crippen LogP contribution in [-0.2, 0) is 39.8 Å². The second kappa shape index (κ2) is 22.5. The molecule has 45 heavy (non-hydrogen) atoms. The zero-order chi connectivity index (χ0) is 31.8. The Bertz CT molecular complexity index is 1200. The first-order valence-corrected chi connectivity index (χ1v) is 14.8. The molecule has 0 radical (unpaired) electrons. The molecular formula is C34H42O11. The maximum Gasteiger partial charge on any atom is 0.338 e. The highest BCUT2D eigenvalue weighted by Gasteiger charge is 2.08. The molecule has 3 aromatic rings. The molecule has 3 rings (SSSR count). The fraction of sp³-hybridized carbons (Fsp3) is 0.412. The van der Waals surface area contributed by atoms with E-state index in [1.807, 2.05) is 30.3 Å². The van der Waals surface area contributed by atoms with Gasteiger partial charge in [0.15, 0.2) is 0 Å². The lowest BCUT2D eigenvalue weighted by Gasteiger charge is -2.09. The highest BCUT2D eigenvalue weighted by Crippen LogP contribution is 2.14. The number of hydrogen-bond acceptors (Lipinski definition) is 11. The van der Waals surface area contributed by atoms with Crippen molar-refractivity contribution in [3.63, 3.8) is 0 Å². The number of carbonyl (C=O) groups excluding carboxylic acids is 2. The molecule has 11 nitrogen and oxygen atoms in total. The van der Waals surface area contributed by atoms with Crippen molar-refractivity contribution in [2.75, 3.05) is 86.4 Å². The van der Waals surface area contributed by atoms with Crippen molar-refractivity contribution in [1.82, 2.24) is 0 Å². The van der Waals surface area contributed by atoms with Gasteiger partial charge in [0.2, 0.25) is 0 Å². The lowest BCUT2D eigenvalue weighted by atomic mass is 10.2. The van der Waals surface area contributed by atoms with E-state index >= 15 is 0 Å². The first-order chi connectivity index (χ1) is 22.2. The van der Waals surface area contributed by atoms with Crippen LogP contribution in [0.2, 0.25) is 0 Å². The number of rotatable bonds is 24. The number of methoxy groups -OCH3 is 1. The number of benzene rings is 3. The fourth-order valence-electron chi connectivity index (χ4n) is 3.72. The lowest BCUT2D eigenvalue weighted by molar-refractivity contribution is -0.0141. The molecule has 0 aliphatic carbocycles. The van der Waals surface area contributed by atoms with Crippen molar-refractivity contribution < 1.29 is 52.2 Å². The van der Waals surface area contributed by atoms with Crippen molar-refractivity contribution in [1.29, 1.82) is 0 Å². The third-order valence-electron chi connectivity index (χ3n) is 6.06. The summed E-state index contributed by atoms with van der Waals surface area (Å²) < 4.78 is 48.6. The summed E-state index contributed by atoms with van der Waals surface area (Å²) in [6.45, 7) is 5.55. The minimum atomic E-state index is -0.383. The molecule has 0 saturated heterocycles. The summed E-state index contributed by atoms with van der Waals surface area (Å²) in [6.07, 6.45) is 0. The minimum Gasteiger partial charge on any atom is -0.491 e. The van der Waals surface area contributed by atoms with Crippen LogP contribution in [0.1, 0.15) is 26.3 Å². The van der Waals surface area contributed by atoms with Crippen LogP contribution < -0.4 is 9.47 Å². The highest BCUT2D eigenvalue weighted by molar-refractivity contribution is 5.89. The SMILES string of the molecule is COC(=O)c1ccc(OCCOCCOCCOCCOCCOCCOc2ccc(C(=O)OCc3ccccc3)cc2)cc1. The van der Waals surface area contributed by atoms with Gasteiger partial charge in [0.1, 0.15) is 31.3 Å². The summed E-state index contributed by atoms with van der Waals surface area (Å²) in [5, 5.41) is 0. The van der Waals surface area contributed by atoms with E-state index in [-0.39, 0.29) is 18.5 Å². The van der Waals surface area contributed by atoms with Crippen LogP contribution in [0.5, 0.6) is 11.5 Å². The summed E-state index contributed by atoms with van der Waals surface area (Å²) in [7, 11) is 1.34. The average Bonchev–Trinajstić information content (AvgIpc) is 3.08. The molecular weight excluding hydrogens is 584 g/mol. The predicted octanol–water partition coefficient (Wildman–Crippen LogP) is 4.37. The normalized spacial score (nSPS) is 10.8. The molecule has 0 atom stereocenters. The average molecular weight is 627 g/mol. The molecule has 0 spiro atoms. The molecule has 0 unspecified atom stereocenters. The second-order valence-corrected chi connectivity index (χ2v) is 9.36. The van der Waals surface area contributed by atoms with Crippen molar-refractivity contribution in [2.24, 2.45) is 0 Å². The number of carbonyl (C=O) groups is 2. The van der Waals surface area contributed by atoms with Gasteiger partial charge in [0.25, 0.3) is 0 Å². The van der Waals surface area contributed by atoms with Crippen molar-refractivity contribution in [3.8, 4) is 11.5 Å². The van der Waals surface area contributed by atoms with Crippen LogP contribution >= 0.6 is 0 Å². The van der Waals surface area contributed by atoms with E-state index in [2.05, 4.69) is 4.74 Å². The smallest absolute Gasteiger partial charge is 0.338 e. The van der Waals surface area contributed by atoms with Gasteiger partial charge in [-0.25, -0.2) is 9.59 Å². The van der Waals surface area contributed by atoms with Gasteiger partial charge in [-0.2, -0.15) is 0 Å². The number of hydrogen-bond donors (Lipinski definition) is 0. The lowest BCUT2D eigenvalue weighted by Crippen LogP contribution is -2.15. The van der Waals surface area contributed by atoms with E-state index < -0.39 is 0 Å². The molecule has 0 amide bonds. The molecule has 0 bridgehead atoms. The zero-order valence-electron chi connectivity index (χ0n) is 25.7. The van der Waals surface area contributed by atoms with Gasteiger partial charge in [0.05, 0.1) is 84.3 Å². The molecule has 244 valence electrons. The molecule has 0 saturated carbocycles. The Labute approximate surface area is 264 Å². The minimum absolute atomic E-state index is 0.233. The van der Waals surface area contributed by atoms with Crippen LogP contribution in [0.3, 0.4) is 0 Å². The Hall–Kier alpha value is -4.00. The van der Waals surface area contributed by atoms with E-state index in [1.165, 1.54) is 7.11 Å². The van der Waals surface area contributed by atoms with Crippen molar-refractivity contribution >= 4 is 11.9 Å². The van der Waals surface area contributed by atoms with E-state index in [1.54, 1.807) is 48.5 Å². The third-order valence-corrected chi connectivity index (χ3v) is 6.06. The summed E-state index contributed by atoms with van der Waals surface area (Å²) in [5.41, 5.74) is 1.88. The standard InChI is InChI=1S/C34H42O11/c1-37-33(35)29-7-11-31(12-8-29)43-25-23-41-21-19-39-17-15-38-16-18-40-20-22-42-24-26-44-32-13-9-30(10-14-32)34(36)45-27-28-5-3-2-4-6-28/h2-14H,15-27H2,1H3. The van der Waals surface area contributed by atoms with Gasteiger partial charge in [-0.3, -0.25) is 0 Å². The van der Waals surface area contributed by atoms with Crippen molar-refractivity contribution in [3.05, 3.63) is 95.6 Å². The monoisotopic (exact) mass is 626 g/mol. The van der Waals surface area contributed by atoms with E-state index in [0.717, 1.165) is 5.56 Å². The van der Waals surface area contributed by atoms with E-state index in [4.69, 9.17) is 37.9 Å². The number of esters is 2. The van der Waals surface area contributed by atoms with E-state index in [9.17, 15) is 9.59 Å². The summed E-state index contributed by atoms with van der Waals surface area (Å²) in [4.78, 5) is 23.6. The fourth-order valence-corrected chi connectivity index (χ4v) is 3.72. The Morgan fingerprint density at radius 1 is 0.467 bits per heavy atom. The van der Waals surface area contributed by atoms with E-state index in [0.29, 0.717) is 102 Å². The van der Waals surface area contributed by atoms with Gasteiger partial charge in [-0.1, -0.05) is 30.3 Å². The van der Waals surface area contributed by atoms with Crippen LogP contribution in [0, 0.1) is 0 Å². The summed E-state index contributed by atoms with van der Waals surface area (Å²) >= 11 is 0. The molecule has 0 aromatic heterocycles. The first kappa shape index (κ1) is 35.5. The molecule has 11 heteroatoms. The molecule has 0 aliphatic rings. The molecule has 0 fully saturated rings. The Morgan fingerprint density at radius 2 is 0.844 bits per heavy atom. The summed E-state index contributed by atoms with van der Waals surface area (Å²) in [6, 6.07) is 23.1. The molecule has 0 aliphatic heterocycles. The van der Waals surface area contributed by atoms with Gasteiger partial charge in [-0.15, -0.1) is 0 Å². The topological polar surface area (TPSA) is 117 Å². The first-order valence-electron chi connectivity index (χ1n) is 14.8. The third kappa shape index (κ3) is 15.5. The summed E-state index contributed by atoms with van der Waals surface area (Å²) in [5.74, 6) is 0.542. The van der Waals surface area contributed by atoms with Crippen LogP contribution in [0.15, 0.2) is 78.9 Å². The Kier molecular flexibility index (Phi) is 17.7. The predicted molar refractivity (Wildman–Crippen MR) is 165 cm³/mol. The maximum atomic E-state index is 12.2. The zero-order valence-corrected chi connectivity index (χ0v) is 25.7. The van der Waals surface area contributed by atoms with Gasteiger partial charge < -0.3 is 42.6 Å². The van der Waals surface area contributed by atoms with Crippen molar-refractivity contribution in [2.45, 2.75) is 6.61 Å². The quantitative estimate of drug-likeness (QED) is 0.104. The molecule has 0 N–H and O–H groups in total. The Morgan fingerprint density at radius 3 is 1.24 bits per heavy atom. The van der Waals surface area contributed by atoms with Gasteiger partial charge >= 0.3 is 11.9 Å². The number of ether oxygens (including phenoxy) is 9. The van der Waals surface area contributed by atoms with Gasteiger partial charge in [0, 0.05) is 0 Å². The largest absolute Gasteiger partial charge is 0.491 e. The Balaban J connectivity index is 1.04. The second-order valence-electron chi connectivity index (χ2n) is 9.36. The van der Waals surface area contributed by atoms with Crippen LogP contribution in [0.4, 0.5) is 0 Å². The highest BCUT2D eigenvalue weighted by atomic mass is 16.6. The van der Waals surface area contributed by atoms with Crippen LogP contribution in [-0.4, -0.2) is 98.3 Å². The maximum absolute atomic E-state index is 12.2.